The van der Waals surface area contributed by atoms with Crippen LogP contribution in [0.2, 0.25) is 0 Å². The molecule has 3 N–H and O–H groups in total. The van der Waals surface area contributed by atoms with Gasteiger partial charge in [-0.1, -0.05) is 0 Å². The van der Waals surface area contributed by atoms with Gasteiger partial charge in [-0.15, -0.1) is 0 Å². The minimum atomic E-state index is -0.575. The van der Waals surface area contributed by atoms with E-state index >= 15 is 0 Å². The summed E-state index contributed by atoms with van der Waals surface area (Å²) in [6.07, 6.45) is 3.27. The molecule has 0 bridgehead atoms. The van der Waals surface area contributed by atoms with Crippen LogP contribution in [0.15, 0.2) is 12.1 Å². The maximum Gasteiger partial charge on any atom is 0.149 e. The van der Waals surface area contributed by atoms with Crippen molar-refractivity contribution in [2.75, 3.05) is 5.32 Å². The third-order valence-electron chi connectivity index (χ3n) is 2.82. The Hall–Kier alpha value is -1.16. The molecular formula is C11H14F2N2. The highest BCUT2D eigenvalue weighted by molar-refractivity contribution is 5.48. The van der Waals surface area contributed by atoms with Crippen LogP contribution >= 0.6 is 0 Å². The Balaban J connectivity index is 2.21. The van der Waals surface area contributed by atoms with Crippen LogP contribution in [0, 0.1) is 11.6 Å². The van der Waals surface area contributed by atoms with E-state index in [4.69, 9.17) is 5.73 Å². The fourth-order valence-electron chi connectivity index (χ4n) is 1.63. The Morgan fingerprint density at radius 2 is 2.00 bits per heavy atom. The van der Waals surface area contributed by atoms with Crippen molar-refractivity contribution in [1.29, 1.82) is 0 Å². The molecule has 0 radical (unpaired) electrons. The minimum Gasteiger partial charge on any atom is -0.380 e. The Labute approximate surface area is 87.5 Å². The molecule has 15 heavy (non-hydrogen) atoms. The topological polar surface area (TPSA) is 38.0 Å². The van der Waals surface area contributed by atoms with Gasteiger partial charge in [0.05, 0.1) is 5.69 Å². The van der Waals surface area contributed by atoms with Gasteiger partial charge < -0.3 is 11.1 Å². The second kappa shape index (κ2) is 4.14. The Morgan fingerprint density at radius 3 is 2.53 bits per heavy atom. The summed E-state index contributed by atoms with van der Waals surface area (Å²) in [6, 6.07) is 2.68. The van der Waals surface area contributed by atoms with Crippen LogP contribution in [-0.2, 0) is 6.54 Å². The number of hydrogen-bond donors (Lipinski definition) is 2. The highest BCUT2D eigenvalue weighted by Gasteiger charge is 2.19. The molecule has 1 aliphatic rings. The van der Waals surface area contributed by atoms with E-state index < -0.39 is 11.6 Å². The average Bonchev–Trinajstić information content (AvgIpc) is 2.14. The van der Waals surface area contributed by atoms with Gasteiger partial charge in [0.2, 0.25) is 0 Å². The molecule has 0 amide bonds. The quantitative estimate of drug-likeness (QED) is 0.807. The SMILES string of the molecule is NCc1cc(NC2CCC2)c(F)cc1F. The summed E-state index contributed by atoms with van der Waals surface area (Å²) in [5, 5.41) is 3.05. The van der Waals surface area contributed by atoms with Crippen molar-refractivity contribution < 1.29 is 8.78 Å². The molecule has 1 aliphatic carbocycles. The number of rotatable bonds is 3. The monoisotopic (exact) mass is 212 g/mol. The van der Waals surface area contributed by atoms with Crippen molar-refractivity contribution in [3.8, 4) is 0 Å². The smallest absolute Gasteiger partial charge is 0.149 e. The highest BCUT2D eigenvalue weighted by Crippen LogP contribution is 2.26. The summed E-state index contributed by atoms with van der Waals surface area (Å²) >= 11 is 0. The second-order valence-electron chi connectivity index (χ2n) is 3.90. The van der Waals surface area contributed by atoms with Gasteiger partial charge in [-0.05, 0) is 25.3 Å². The first kappa shape index (κ1) is 10.4. The zero-order valence-corrected chi connectivity index (χ0v) is 8.39. The van der Waals surface area contributed by atoms with Crippen LogP contribution in [0.25, 0.3) is 0 Å². The second-order valence-corrected chi connectivity index (χ2v) is 3.90. The number of benzene rings is 1. The average molecular weight is 212 g/mol. The van der Waals surface area contributed by atoms with Crippen molar-refractivity contribution in [1.82, 2.24) is 0 Å². The third-order valence-corrected chi connectivity index (χ3v) is 2.82. The number of halogens is 2. The predicted molar refractivity (Wildman–Crippen MR) is 55.5 cm³/mol. The van der Waals surface area contributed by atoms with E-state index in [1.165, 1.54) is 12.5 Å². The molecule has 1 saturated carbocycles. The summed E-state index contributed by atoms with van der Waals surface area (Å²) < 4.78 is 26.5. The van der Waals surface area contributed by atoms with Gasteiger partial charge in [0.1, 0.15) is 11.6 Å². The van der Waals surface area contributed by atoms with Gasteiger partial charge in [0.25, 0.3) is 0 Å². The predicted octanol–water partition coefficient (Wildman–Crippen LogP) is 2.39. The van der Waals surface area contributed by atoms with Crippen LogP contribution in [-0.4, -0.2) is 6.04 Å². The van der Waals surface area contributed by atoms with E-state index in [1.54, 1.807) is 0 Å². The molecule has 1 aromatic carbocycles. The van der Waals surface area contributed by atoms with Gasteiger partial charge in [0.15, 0.2) is 0 Å². The van der Waals surface area contributed by atoms with Crippen molar-refractivity contribution in [3.63, 3.8) is 0 Å². The van der Waals surface area contributed by atoms with E-state index in [-0.39, 0.29) is 6.54 Å². The lowest BCUT2D eigenvalue weighted by Crippen LogP contribution is -2.27. The zero-order valence-electron chi connectivity index (χ0n) is 8.39. The van der Waals surface area contributed by atoms with Crippen molar-refractivity contribution in [3.05, 3.63) is 29.3 Å². The molecule has 0 unspecified atom stereocenters. The normalized spacial score (nSPS) is 16.2. The number of nitrogens with two attached hydrogens (primary N) is 1. The first-order valence-electron chi connectivity index (χ1n) is 5.15. The van der Waals surface area contributed by atoms with Crippen molar-refractivity contribution in [2.24, 2.45) is 5.73 Å². The molecule has 0 aromatic heterocycles. The molecule has 0 aliphatic heterocycles. The summed E-state index contributed by atoms with van der Waals surface area (Å²) in [4.78, 5) is 0. The minimum absolute atomic E-state index is 0.0887. The zero-order chi connectivity index (χ0) is 10.8. The summed E-state index contributed by atoms with van der Waals surface area (Å²) in [6.45, 7) is 0.0887. The van der Waals surface area contributed by atoms with E-state index in [0.717, 1.165) is 18.9 Å². The maximum absolute atomic E-state index is 13.3. The van der Waals surface area contributed by atoms with E-state index in [1.807, 2.05) is 0 Å². The van der Waals surface area contributed by atoms with Crippen molar-refractivity contribution >= 4 is 5.69 Å². The van der Waals surface area contributed by atoms with E-state index in [0.29, 0.717) is 17.3 Å². The molecule has 0 saturated heterocycles. The van der Waals surface area contributed by atoms with Gasteiger partial charge in [0, 0.05) is 24.2 Å². The van der Waals surface area contributed by atoms with E-state index in [2.05, 4.69) is 5.32 Å². The molecule has 0 spiro atoms. The van der Waals surface area contributed by atoms with Gasteiger partial charge in [-0.25, -0.2) is 8.78 Å². The molecule has 0 atom stereocenters. The molecule has 2 nitrogen and oxygen atoms in total. The maximum atomic E-state index is 13.3. The van der Waals surface area contributed by atoms with Crippen LogP contribution in [0.4, 0.5) is 14.5 Å². The molecule has 2 rings (SSSR count). The van der Waals surface area contributed by atoms with Gasteiger partial charge in [-0.2, -0.15) is 0 Å². The van der Waals surface area contributed by atoms with Gasteiger partial charge >= 0.3 is 0 Å². The molecule has 82 valence electrons. The van der Waals surface area contributed by atoms with Gasteiger partial charge in [-0.3, -0.25) is 0 Å². The molecule has 4 heteroatoms. The molecular weight excluding hydrogens is 198 g/mol. The summed E-state index contributed by atoms with van der Waals surface area (Å²) in [5.41, 5.74) is 6.06. The summed E-state index contributed by atoms with van der Waals surface area (Å²) in [5.74, 6) is -1.12. The molecule has 0 heterocycles. The molecule has 1 aromatic rings. The fourth-order valence-corrected chi connectivity index (χ4v) is 1.63. The first-order chi connectivity index (χ1) is 7.20. The van der Waals surface area contributed by atoms with Crippen LogP contribution < -0.4 is 11.1 Å². The van der Waals surface area contributed by atoms with Crippen LogP contribution in [0.1, 0.15) is 24.8 Å². The molecule has 1 fully saturated rings. The fraction of sp³-hybridized carbons (Fsp3) is 0.455. The van der Waals surface area contributed by atoms with Crippen LogP contribution in [0.3, 0.4) is 0 Å². The van der Waals surface area contributed by atoms with E-state index in [9.17, 15) is 8.78 Å². The highest BCUT2D eigenvalue weighted by atomic mass is 19.1. The Morgan fingerprint density at radius 1 is 1.27 bits per heavy atom. The number of anilines is 1. The standard InChI is InChI=1S/C11H14F2N2/c12-9-5-10(13)11(4-7(9)6-14)15-8-2-1-3-8/h4-5,8,15H,1-3,6,14H2. The summed E-state index contributed by atoms with van der Waals surface area (Å²) in [7, 11) is 0. The lowest BCUT2D eigenvalue weighted by Gasteiger charge is -2.27. The number of hydrogen-bond acceptors (Lipinski definition) is 2. The van der Waals surface area contributed by atoms with Crippen LogP contribution in [0.5, 0.6) is 0 Å². The lowest BCUT2D eigenvalue weighted by atomic mass is 9.93. The lowest BCUT2D eigenvalue weighted by molar-refractivity contribution is 0.442. The Kier molecular flexibility index (Phi) is 2.86. The third kappa shape index (κ3) is 2.09. The largest absolute Gasteiger partial charge is 0.380 e. The van der Waals surface area contributed by atoms with Crippen molar-refractivity contribution in [2.45, 2.75) is 31.8 Å². The first-order valence-corrected chi connectivity index (χ1v) is 5.15. The number of nitrogens with one attached hydrogen (secondary N) is 1. The Bertz CT molecular complexity index is 362.